The summed E-state index contributed by atoms with van der Waals surface area (Å²) >= 11 is 6.00. The van der Waals surface area contributed by atoms with Gasteiger partial charge in [0.05, 0.1) is 0 Å². The predicted molar refractivity (Wildman–Crippen MR) is 34.2 cm³/mol. The zero-order valence-corrected chi connectivity index (χ0v) is 5.47. The largest absolute Gasteiger partial charge is 0.342 e. The fourth-order valence-corrected chi connectivity index (χ4v) is 1.15. The maximum absolute atomic E-state index is 8.25. The Labute approximate surface area is 55.4 Å². The Kier molecular flexibility index (Phi) is 1.42. The highest BCUT2D eigenvalue weighted by Crippen LogP contribution is 2.04. The minimum absolute atomic E-state index is 0.634. The van der Waals surface area contributed by atoms with Crippen LogP contribution >= 0.6 is 23.6 Å². The summed E-state index contributed by atoms with van der Waals surface area (Å²) < 4.78 is 0.654. The van der Waals surface area contributed by atoms with Gasteiger partial charge >= 0.3 is 0 Å². The lowest BCUT2D eigenvalue weighted by Crippen LogP contribution is -1.54. The highest BCUT2D eigenvalue weighted by atomic mass is 32.1. The van der Waals surface area contributed by atoms with Gasteiger partial charge in [0.25, 0.3) is 0 Å². The van der Waals surface area contributed by atoms with Gasteiger partial charge in [0, 0.05) is 6.20 Å². The Bertz CT molecular complexity index is 264. The molecule has 0 radical (unpaired) electrons. The van der Waals surface area contributed by atoms with Crippen molar-refractivity contribution in [2.45, 2.75) is 0 Å². The highest BCUT2D eigenvalue weighted by Gasteiger charge is 1.87. The summed E-state index contributed by atoms with van der Waals surface area (Å²) in [4.78, 5) is 3.36. The molecule has 0 amide bonds. The zero-order valence-electron chi connectivity index (χ0n) is 3.84. The number of thiazole rings is 1. The van der Waals surface area contributed by atoms with Crippen LogP contribution in [0.25, 0.3) is 0 Å². The van der Waals surface area contributed by atoms with Gasteiger partial charge in [-0.15, -0.1) is 0 Å². The average molecular weight is 142 g/mol. The molecule has 2 nitrogen and oxygen atoms in total. The molecule has 0 saturated carbocycles. The van der Waals surface area contributed by atoms with Crippen LogP contribution in [0.15, 0.2) is 6.20 Å². The first-order valence-electron chi connectivity index (χ1n) is 1.91. The van der Waals surface area contributed by atoms with E-state index in [0.29, 0.717) is 8.83 Å². The van der Waals surface area contributed by atoms with Crippen LogP contribution in [0.3, 0.4) is 0 Å². The Hall–Kier alpha value is -0.660. The lowest BCUT2D eigenvalue weighted by atomic mass is 10.6. The SMILES string of the molecule is N#Cc1c[nH]c(=S)s1. The van der Waals surface area contributed by atoms with E-state index in [1.165, 1.54) is 11.3 Å². The van der Waals surface area contributed by atoms with Gasteiger partial charge in [0.15, 0.2) is 3.95 Å². The van der Waals surface area contributed by atoms with Crippen LogP contribution in [0.1, 0.15) is 4.88 Å². The van der Waals surface area contributed by atoms with Crippen molar-refractivity contribution in [2.75, 3.05) is 0 Å². The summed E-state index contributed by atoms with van der Waals surface area (Å²) in [6.45, 7) is 0. The summed E-state index contributed by atoms with van der Waals surface area (Å²) in [6, 6.07) is 1.97. The third kappa shape index (κ3) is 0.941. The highest BCUT2D eigenvalue weighted by molar-refractivity contribution is 7.73. The second kappa shape index (κ2) is 2.07. The number of nitrogens with one attached hydrogen (secondary N) is 1. The molecule has 1 heterocycles. The molecule has 4 heteroatoms. The molecular weight excluding hydrogens is 140 g/mol. The van der Waals surface area contributed by atoms with Gasteiger partial charge in [0.1, 0.15) is 10.9 Å². The van der Waals surface area contributed by atoms with Gasteiger partial charge in [-0.2, -0.15) is 5.26 Å². The number of rotatable bonds is 0. The molecule has 0 bridgehead atoms. The molecule has 0 unspecified atom stereocenters. The van der Waals surface area contributed by atoms with Gasteiger partial charge < -0.3 is 4.98 Å². The number of nitrogens with zero attached hydrogens (tertiary/aromatic N) is 1. The molecule has 1 N–H and O–H groups in total. The molecule has 40 valence electrons. The number of hydrogen-bond acceptors (Lipinski definition) is 3. The van der Waals surface area contributed by atoms with Crippen LogP contribution in [0.2, 0.25) is 0 Å². The van der Waals surface area contributed by atoms with Crippen molar-refractivity contribution < 1.29 is 0 Å². The molecule has 0 aromatic carbocycles. The van der Waals surface area contributed by atoms with Crippen LogP contribution in [-0.2, 0) is 0 Å². The van der Waals surface area contributed by atoms with Crippen molar-refractivity contribution in [1.29, 1.82) is 5.26 Å². The van der Waals surface area contributed by atoms with Gasteiger partial charge in [-0.25, -0.2) is 0 Å². The van der Waals surface area contributed by atoms with Crippen molar-refractivity contribution >= 4 is 23.6 Å². The maximum atomic E-state index is 8.25. The van der Waals surface area contributed by atoms with Crippen molar-refractivity contribution in [3.63, 3.8) is 0 Å². The Morgan fingerprint density at radius 3 is 2.88 bits per heavy atom. The molecule has 0 aliphatic carbocycles. The van der Waals surface area contributed by atoms with E-state index in [1.807, 2.05) is 6.07 Å². The predicted octanol–water partition coefficient (Wildman–Crippen LogP) is 1.68. The molecule has 1 aromatic rings. The first kappa shape index (κ1) is 5.48. The van der Waals surface area contributed by atoms with Gasteiger partial charge in [0.2, 0.25) is 0 Å². The average Bonchev–Trinajstić information content (AvgIpc) is 2.14. The number of hydrogen-bond donors (Lipinski definition) is 1. The van der Waals surface area contributed by atoms with Crippen LogP contribution in [-0.4, -0.2) is 4.98 Å². The first-order valence-corrected chi connectivity index (χ1v) is 3.14. The van der Waals surface area contributed by atoms with E-state index in [1.54, 1.807) is 6.20 Å². The van der Waals surface area contributed by atoms with Crippen molar-refractivity contribution in [1.82, 2.24) is 4.98 Å². The molecule has 0 atom stereocenters. The second-order valence-electron chi connectivity index (χ2n) is 1.15. The van der Waals surface area contributed by atoms with E-state index in [4.69, 9.17) is 17.5 Å². The van der Waals surface area contributed by atoms with E-state index >= 15 is 0 Å². The van der Waals surface area contributed by atoms with Gasteiger partial charge in [-0.05, 0) is 12.2 Å². The lowest BCUT2D eigenvalue weighted by Gasteiger charge is -1.60. The Morgan fingerprint density at radius 2 is 2.62 bits per heavy atom. The molecule has 1 rings (SSSR count). The molecule has 0 spiro atoms. The standard InChI is InChI=1S/C4H2N2S2/c5-1-3-2-6-4(7)8-3/h2H,(H,6,7). The van der Waals surface area contributed by atoms with E-state index in [0.717, 1.165) is 0 Å². The minimum atomic E-state index is 0.634. The summed E-state index contributed by atoms with van der Waals surface area (Å²) in [5, 5.41) is 8.25. The molecule has 0 saturated heterocycles. The quantitative estimate of drug-likeness (QED) is 0.560. The molecule has 0 aliphatic heterocycles. The normalized spacial score (nSPS) is 8.38. The fourth-order valence-electron chi connectivity index (χ4n) is 0.338. The molecule has 8 heavy (non-hydrogen) atoms. The Balaban J connectivity index is 3.25. The smallest absolute Gasteiger partial charge is 0.159 e. The lowest BCUT2D eigenvalue weighted by molar-refractivity contribution is 1.38. The topological polar surface area (TPSA) is 39.6 Å². The van der Waals surface area contributed by atoms with E-state index in [-0.39, 0.29) is 0 Å². The Morgan fingerprint density at radius 1 is 1.88 bits per heavy atom. The van der Waals surface area contributed by atoms with Crippen molar-refractivity contribution in [2.24, 2.45) is 0 Å². The minimum Gasteiger partial charge on any atom is -0.342 e. The summed E-state index contributed by atoms with van der Waals surface area (Å²) in [5.41, 5.74) is 0. The summed E-state index contributed by atoms with van der Waals surface area (Å²) in [6.07, 6.45) is 1.60. The fraction of sp³-hybridized carbons (Fsp3) is 0. The van der Waals surface area contributed by atoms with Crippen LogP contribution in [0, 0.1) is 15.3 Å². The number of H-pyrrole nitrogens is 1. The van der Waals surface area contributed by atoms with Crippen LogP contribution < -0.4 is 0 Å². The van der Waals surface area contributed by atoms with E-state index in [9.17, 15) is 0 Å². The zero-order chi connectivity index (χ0) is 5.98. The van der Waals surface area contributed by atoms with Crippen LogP contribution in [0.4, 0.5) is 0 Å². The second-order valence-corrected chi connectivity index (χ2v) is 2.87. The summed E-state index contributed by atoms with van der Waals surface area (Å²) in [5.74, 6) is 0. The molecule has 1 aromatic heterocycles. The first-order chi connectivity index (χ1) is 3.83. The van der Waals surface area contributed by atoms with Gasteiger partial charge in [-0.1, -0.05) is 11.3 Å². The third-order valence-electron chi connectivity index (χ3n) is 0.634. The third-order valence-corrected chi connectivity index (χ3v) is 1.73. The van der Waals surface area contributed by atoms with E-state index in [2.05, 4.69) is 4.98 Å². The van der Waals surface area contributed by atoms with E-state index < -0.39 is 0 Å². The molecule has 0 fully saturated rings. The summed E-state index contributed by atoms with van der Waals surface area (Å²) in [7, 11) is 0. The van der Waals surface area contributed by atoms with Gasteiger partial charge in [-0.3, -0.25) is 0 Å². The molecule has 0 aliphatic rings. The number of nitriles is 1. The number of aromatic amines is 1. The molecular formula is C4H2N2S2. The number of aromatic nitrogens is 1. The van der Waals surface area contributed by atoms with Crippen LogP contribution in [0.5, 0.6) is 0 Å². The maximum Gasteiger partial charge on any atom is 0.159 e. The van der Waals surface area contributed by atoms with Crippen molar-refractivity contribution in [3.8, 4) is 6.07 Å². The van der Waals surface area contributed by atoms with Crippen molar-refractivity contribution in [3.05, 3.63) is 15.0 Å². The monoisotopic (exact) mass is 142 g/mol.